The zero-order valence-corrected chi connectivity index (χ0v) is 41.7. The molecule has 5 saturated carbocycles. The van der Waals surface area contributed by atoms with Crippen molar-refractivity contribution in [2.45, 2.75) is 211 Å². The van der Waals surface area contributed by atoms with Crippen molar-refractivity contribution >= 4 is 5.78 Å². The van der Waals surface area contributed by atoms with E-state index in [0.29, 0.717) is 56.8 Å². The lowest BCUT2D eigenvalue weighted by Gasteiger charge is -2.62. The highest BCUT2D eigenvalue weighted by Crippen LogP contribution is 2.74. The average molecular weight is 927 g/mol. The molecule has 1 unspecified atom stereocenters. The summed E-state index contributed by atoms with van der Waals surface area (Å²) in [5.74, 6) is -1.46. The van der Waals surface area contributed by atoms with Crippen molar-refractivity contribution < 1.29 is 49.3 Å². The van der Waals surface area contributed by atoms with Crippen LogP contribution in [0, 0.1) is 80.8 Å². The van der Waals surface area contributed by atoms with Crippen molar-refractivity contribution in [1.82, 2.24) is 9.97 Å². The first-order chi connectivity index (χ1) is 31.2. The zero-order chi connectivity index (χ0) is 47.4. The van der Waals surface area contributed by atoms with Crippen LogP contribution in [0.5, 0.6) is 0 Å². The van der Waals surface area contributed by atoms with Crippen LogP contribution in [0.25, 0.3) is 0 Å². The van der Waals surface area contributed by atoms with E-state index in [-0.39, 0.29) is 76.4 Å². The molecule has 12 aliphatic rings. The highest BCUT2D eigenvalue weighted by Gasteiger charge is 2.80. The molecule has 368 valence electrons. The van der Waals surface area contributed by atoms with E-state index in [0.717, 1.165) is 66.9 Å². The van der Waals surface area contributed by atoms with Gasteiger partial charge in [-0.25, -0.2) is 0 Å². The van der Waals surface area contributed by atoms with E-state index in [1.165, 1.54) is 0 Å². The molecule has 9 fully saturated rings. The molecule has 5 N–H and O–H groups in total. The zero-order valence-electron chi connectivity index (χ0n) is 41.7. The Morgan fingerprint density at radius 3 is 2.03 bits per heavy atom. The molecule has 23 atom stereocenters. The molecule has 0 amide bonds. The number of rotatable bonds is 0. The van der Waals surface area contributed by atoms with Gasteiger partial charge in [-0.1, -0.05) is 53.2 Å². The molecule has 12 heteroatoms. The van der Waals surface area contributed by atoms with Crippen LogP contribution in [0.2, 0.25) is 0 Å². The lowest BCUT2D eigenvalue weighted by atomic mass is 9.44. The summed E-state index contributed by atoms with van der Waals surface area (Å²) in [5.41, 5.74) is -1.06. The first kappa shape index (κ1) is 45.0. The molecule has 1 aromatic rings. The monoisotopic (exact) mass is 927 g/mol. The average Bonchev–Trinajstić information content (AvgIpc) is 3.97. The van der Waals surface area contributed by atoms with Crippen LogP contribution in [0.15, 0.2) is 11.6 Å². The number of ketones is 1. The van der Waals surface area contributed by atoms with E-state index in [4.69, 9.17) is 28.9 Å². The van der Waals surface area contributed by atoms with Gasteiger partial charge in [-0.3, -0.25) is 14.8 Å². The van der Waals surface area contributed by atoms with Crippen LogP contribution in [0.3, 0.4) is 0 Å². The van der Waals surface area contributed by atoms with Crippen molar-refractivity contribution in [1.29, 1.82) is 0 Å². The summed E-state index contributed by atoms with van der Waals surface area (Å²) in [5, 5.41) is 61.4. The van der Waals surface area contributed by atoms with E-state index >= 15 is 0 Å². The van der Waals surface area contributed by atoms with Gasteiger partial charge >= 0.3 is 0 Å². The molecule has 3 spiro atoms. The number of carbonyl (C=O) groups is 1. The Bertz CT molecular complexity index is 2370. The first-order valence-electron chi connectivity index (χ1n) is 26.6. The third kappa shape index (κ3) is 5.16. The largest absolute Gasteiger partial charge is 0.392 e. The Labute approximate surface area is 396 Å². The van der Waals surface area contributed by atoms with Crippen LogP contribution in [0.1, 0.15) is 150 Å². The van der Waals surface area contributed by atoms with Gasteiger partial charge in [-0.15, -0.1) is 0 Å². The number of ether oxygens (including phenoxy) is 4. The van der Waals surface area contributed by atoms with Crippen molar-refractivity contribution in [2.75, 3.05) is 6.61 Å². The molecule has 12 nitrogen and oxygen atoms in total. The molecule has 8 aliphatic carbocycles. The number of fused-ring (bicyclic) bond motifs is 14. The maximum absolute atomic E-state index is 14.8. The Hall–Kier alpha value is -1.87. The highest BCUT2D eigenvalue weighted by molar-refractivity contribution is 5.90. The number of nitrogens with zero attached hydrogens (tertiary/aromatic N) is 2. The molecule has 67 heavy (non-hydrogen) atoms. The van der Waals surface area contributed by atoms with Gasteiger partial charge in [0.2, 0.25) is 0 Å². The summed E-state index contributed by atoms with van der Waals surface area (Å²) in [6, 6.07) is 0. The molecule has 4 aliphatic heterocycles. The number of carbonyl (C=O) groups excluding carboxylic acids is 1. The molecular weight excluding hydrogens is 849 g/mol. The Kier molecular flexibility index (Phi) is 8.87. The lowest BCUT2D eigenvalue weighted by molar-refractivity contribution is -0.289. The van der Waals surface area contributed by atoms with Crippen molar-refractivity contribution in [3.8, 4) is 0 Å². The molecule has 0 aromatic carbocycles. The van der Waals surface area contributed by atoms with Crippen molar-refractivity contribution in [3.05, 3.63) is 34.4 Å². The number of aromatic nitrogens is 2. The molecular formula is C55H78N2O10. The second kappa shape index (κ2) is 13.2. The predicted octanol–water partition coefficient (Wildman–Crippen LogP) is 5.97. The second-order valence-corrected chi connectivity index (χ2v) is 27.2. The van der Waals surface area contributed by atoms with Gasteiger partial charge in [0.15, 0.2) is 11.6 Å². The van der Waals surface area contributed by atoms with Crippen molar-refractivity contribution in [2.24, 2.45) is 80.8 Å². The fourth-order valence-corrected chi connectivity index (χ4v) is 19.9. The normalized spacial score (nSPS) is 59.6. The third-order valence-electron chi connectivity index (χ3n) is 24.2. The lowest BCUT2D eigenvalue weighted by Crippen LogP contribution is -2.66. The minimum absolute atomic E-state index is 0.0319. The maximum Gasteiger partial charge on any atom is 0.174 e. The van der Waals surface area contributed by atoms with Crippen LogP contribution in [-0.2, 0) is 49.4 Å². The first-order valence-corrected chi connectivity index (χ1v) is 26.6. The third-order valence-corrected chi connectivity index (χ3v) is 24.2. The van der Waals surface area contributed by atoms with Gasteiger partial charge in [0.05, 0.1) is 69.9 Å². The summed E-state index contributed by atoms with van der Waals surface area (Å²) in [7, 11) is 0. The minimum Gasteiger partial charge on any atom is -0.392 e. The maximum atomic E-state index is 14.8. The molecule has 0 bridgehead atoms. The van der Waals surface area contributed by atoms with E-state index in [1.54, 1.807) is 6.92 Å². The van der Waals surface area contributed by atoms with E-state index in [2.05, 4.69) is 41.5 Å². The second-order valence-electron chi connectivity index (χ2n) is 27.2. The van der Waals surface area contributed by atoms with Gasteiger partial charge in [0.1, 0.15) is 17.5 Å². The summed E-state index contributed by atoms with van der Waals surface area (Å²) >= 11 is 0. The topological polar surface area (TPSA) is 181 Å². The number of Topliss-reactive ketones (excluding diaryl/α,β-unsaturated/α-hetero) is 1. The predicted molar refractivity (Wildman–Crippen MR) is 245 cm³/mol. The highest BCUT2D eigenvalue weighted by atomic mass is 16.7. The smallest absolute Gasteiger partial charge is 0.174 e. The van der Waals surface area contributed by atoms with Crippen LogP contribution < -0.4 is 0 Å². The van der Waals surface area contributed by atoms with Crippen LogP contribution in [0.4, 0.5) is 0 Å². The van der Waals surface area contributed by atoms with Gasteiger partial charge in [0, 0.05) is 48.3 Å². The van der Waals surface area contributed by atoms with Crippen LogP contribution >= 0.6 is 0 Å². The fourth-order valence-electron chi connectivity index (χ4n) is 19.9. The number of aliphatic hydroxyl groups excluding tert-OH is 2. The van der Waals surface area contributed by atoms with Gasteiger partial charge in [-0.05, 0) is 138 Å². The van der Waals surface area contributed by atoms with Gasteiger partial charge in [-0.2, -0.15) is 0 Å². The van der Waals surface area contributed by atoms with E-state index in [1.807, 2.05) is 26.8 Å². The summed E-state index contributed by atoms with van der Waals surface area (Å²) < 4.78 is 26.7. The quantitative estimate of drug-likeness (QED) is 0.193. The molecule has 5 heterocycles. The molecule has 4 saturated heterocycles. The molecule has 1 aromatic heterocycles. The van der Waals surface area contributed by atoms with E-state index < -0.39 is 63.4 Å². The minimum atomic E-state index is -1.44. The summed E-state index contributed by atoms with van der Waals surface area (Å²) in [6.45, 7) is 21.3. The molecule has 13 rings (SSSR count). The van der Waals surface area contributed by atoms with Crippen molar-refractivity contribution in [3.63, 3.8) is 0 Å². The number of hydrogen-bond donors (Lipinski definition) is 5. The van der Waals surface area contributed by atoms with Crippen LogP contribution in [-0.4, -0.2) is 106 Å². The Morgan fingerprint density at radius 2 is 1.40 bits per heavy atom. The van der Waals surface area contributed by atoms with Gasteiger partial charge in [0.25, 0.3) is 0 Å². The van der Waals surface area contributed by atoms with E-state index in [9.17, 15) is 30.3 Å². The molecule has 0 radical (unpaired) electrons. The fraction of sp³-hybridized carbons (Fsp3) is 0.873. The summed E-state index contributed by atoms with van der Waals surface area (Å²) in [4.78, 5) is 25.9. The number of hydrogen-bond acceptors (Lipinski definition) is 12. The Morgan fingerprint density at radius 1 is 0.731 bits per heavy atom. The SMILES string of the molecule is C[C@@H]1[C@@]2(CC[C@](C)(O)CO2)O[C@H]2C=C3[C@@H]4[C@@H](O)C[C@H]5Cc6nc7c(nc6C[C@]5(C)[C@H]4C[C@@H](O)[C@]3(C)[C@]21O)C[C@@H]1CC[C@@H]2[C@H](CC(=O)[C@]23C[C@@H]2OC4(C[C@H](C)C(C)(C)O4)[C@@H](C)[C@@H]2[C@]3(C)O)[C@@]1(C)C7. The van der Waals surface area contributed by atoms with Gasteiger partial charge < -0.3 is 44.5 Å². The Balaban J connectivity index is 0.771. The summed E-state index contributed by atoms with van der Waals surface area (Å²) in [6.07, 6.45) is 8.39. The standard InChI is InChI=1S/C55H78N2O10/c1-26-21-54(67-46(26,4)5)27(2)45-40(65-54)24-52(51(45,10)62)31-12-11-29-15-35-37(22-48(29,7)32(31)18-42(52)60)57-36-16-30-17-39(58)44-33(49(30,8)23-38(36)56-35)19-41(59)50(9)34(44)20-43-55(50,63)28(3)53(66-43)14-13-47(6,61)25-64-53/h20,26-33,39-41,43-45,58-59,61-63H,11-19,21-25H2,1-10H3/t26-,27-,28+,29-,30+,31+,32-,33-,39-,40-,41+,43-,44+,45-,47-,48-,49-,50+,51-,52-,53+,54?,55+/m0/s1. The number of aliphatic hydroxyl groups is 5.